The van der Waals surface area contributed by atoms with E-state index in [0.717, 1.165) is 54.2 Å². The Morgan fingerprint density at radius 1 is 1.03 bits per heavy atom. The third-order valence-corrected chi connectivity index (χ3v) is 6.75. The largest absolute Gasteiger partial charge is 0.490 e. The van der Waals surface area contributed by atoms with E-state index in [2.05, 4.69) is 38.8 Å². The van der Waals surface area contributed by atoms with Crippen LogP contribution < -0.4 is 16.2 Å². The SMILES string of the molecule is Cn1ccc2c3c(N)nc(N)nc3cc(-c3cccc4c3Oc3ccccc3S4)c21.O=C(O)C(F)(F)F. The fourth-order valence-electron chi connectivity index (χ4n) is 4.13. The number of alkyl halides is 3. The van der Waals surface area contributed by atoms with Crippen molar-refractivity contribution >= 4 is 51.3 Å². The van der Waals surface area contributed by atoms with Crippen molar-refractivity contribution in [2.45, 2.75) is 16.0 Å². The summed E-state index contributed by atoms with van der Waals surface area (Å²) >= 11 is 1.71. The molecule has 3 heterocycles. The number of benzene rings is 3. The van der Waals surface area contributed by atoms with Gasteiger partial charge in [0.2, 0.25) is 5.95 Å². The lowest BCUT2D eigenvalue weighted by molar-refractivity contribution is -0.192. The third kappa shape index (κ3) is 4.35. The smallest absolute Gasteiger partial charge is 0.475 e. The topological polar surface area (TPSA) is 129 Å². The average molecular weight is 526 g/mol. The molecule has 1 aliphatic rings. The summed E-state index contributed by atoms with van der Waals surface area (Å²) in [5.41, 5.74) is 15.9. The number of rotatable bonds is 1. The molecule has 0 radical (unpaired) electrons. The van der Waals surface area contributed by atoms with Crippen LogP contribution in [-0.4, -0.2) is 31.8 Å². The summed E-state index contributed by atoms with van der Waals surface area (Å²) in [6.45, 7) is 0. The van der Waals surface area contributed by atoms with E-state index in [9.17, 15) is 13.2 Å². The van der Waals surface area contributed by atoms with Crippen molar-refractivity contribution in [1.82, 2.24) is 14.5 Å². The maximum atomic E-state index is 10.6. The van der Waals surface area contributed by atoms with Crippen LogP contribution in [0.15, 0.2) is 70.6 Å². The first kappa shape index (κ1) is 24.3. The van der Waals surface area contributed by atoms with Gasteiger partial charge in [-0.3, -0.25) is 0 Å². The van der Waals surface area contributed by atoms with Gasteiger partial charge in [0.1, 0.15) is 17.3 Å². The third-order valence-electron chi connectivity index (χ3n) is 5.65. The average Bonchev–Trinajstić information content (AvgIpc) is 3.22. The number of carbonyl (C=O) groups is 1. The molecule has 3 aromatic carbocycles. The van der Waals surface area contributed by atoms with Crippen LogP contribution in [0.1, 0.15) is 0 Å². The number of nitrogens with two attached hydrogens (primary N) is 2. The molecule has 2 aromatic heterocycles. The summed E-state index contributed by atoms with van der Waals surface area (Å²) in [5, 5.41) is 8.93. The molecule has 0 saturated heterocycles. The number of carboxylic acids is 1. The molecule has 1 aliphatic heterocycles. The van der Waals surface area contributed by atoms with E-state index in [1.165, 1.54) is 0 Å². The van der Waals surface area contributed by atoms with Gasteiger partial charge >= 0.3 is 12.1 Å². The number of fused-ring (bicyclic) bond motifs is 5. The molecule has 5 N–H and O–H groups in total. The Bertz CT molecular complexity index is 1700. The van der Waals surface area contributed by atoms with Crippen molar-refractivity contribution in [3.63, 3.8) is 0 Å². The second kappa shape index (κ2) is 8.89. The van der Waals surface area contributed by atoms with Crippen LogP contribution in [-0.2, 0) is 11.8 Å². The molecule has 12 heteroatoms. The number of nitrogens with zero attached hydrogens (tertiary/aromatic N) is 3. The number of para-hydroxylation sites is 2. The van der Waals surface area contributed by atoms with Crippen molar-refractivity contribution in [2.75, 3.05) is 11.5 Å². The number of nitrogen functional groups attached to an aromatic ring is 2. The summed E-state index contributed by atoms with van der Waals surface area (Å²) in [6, 6.07) is 18.4. The highest BCUT2D eigenvalue weighted by molar-refractivity contribution is 7.99. The van der Waals surface area contributed by atoms with Gasteiger partial charge in [-0.05, 0) is 30.3 Å². The lowest BCUT2D eigenvalue weighted by Crippen LogP contribution is -2.21. The quantitative estimate of drug-likeness (QED) is 0.244. The number of hydrogen-bond donors (Lipinski definition) is 3. The number of ether oxygens (including phenoxy) is 1. The van der Waals surface area contributed by atoms with Crippen LogP contribution in [0.2, 0.25) is 0 Å². The molecule has 0 aliphatic carbocycles. The fourth-order valence-corrected chi connectivity index (χ4v) is 5.12. The minimum absolute atomic E-state index is 0.164. The van der Waals surface area contributed by atoms with E-state index in [-0.39, 0.29) is 5.95 Å². The van der Waals surface area contributed by atoms with Crippen LogP contribution in [0.5, 0.6) is 11.5 Å². The molecule has 8 nitrogen and oxygen atoms in total. The Morgan fingerprint density at radius 3 is 2.46 bits per heavy atom. The maximum absolute atomic E-state index is 10.6. The number of aliphatic carboxylic acids is 1. The molecular formula is C25H18F3N5O3S. The molecule has 0 unspecified atom stereocenters. The van der Waals surface area contributed by atoms with Gasteiger partial charge in [0.15, 0.2) is 0 Å². The number of hydrogen-bond acceptors (Lipinski definition) is 7. The maximum Gasteiger partial charge on any atom is 0.490 e. The lowest BCUT2D eigenvalue weighted by atomic mass is 9.99. The van der Waals surface area contributed by atoms with Crippen LogP contribution >= 0.6 is 11.8 Å². The zero-order chi connectivity index (χ0) is 26.5. The number of halogens is 3. The number of aromatic nitrogens is 3. The van der Waals surface area contributed by atoms with Crippen molar-refractivity contribution in [3.05, 3.63) is 60.8 Å². The minimum atomic E-state index is -5.08. The summed E-state index contributed by atoms with van der Waals surface area (Å²) < 4.78 is 40.2. The van der Waals surface area contributed by atoms with Gasteiger partial charge in [0.25, 0.3) is 0 Å². The fraction of sp³-hybridized carbons (Fsp3) is 0.0800. The molecule has 0 bridgehead atoms. The van der Waals surface area contributed by atoms with Crippen molar-refractivity contribution < 1.29 is 27.8 Å². The van der Waals surface area contributed by atoms with Crippen molar-refractivity contribution in [1.29, 1.82) is 0 Å². The highest BCUT2D eigenvalue weighted by Crippen LogP contribution is 2.51. The molecule has 0 atom stereocenters. The van der Waals surface area contributed by atoms with Gasteiger partial charge in [-0.1, -0.05) is 36.0 Å². The zero-order valence-electron chi connectivity index (χ0n) is 19.1. The summed E-state index contributed by atoms with van der Waals surface area (Å²) in [6.07, 6.45) is -3.07. The van der Waals surface area contributed by atoms with E-state index in [1.807, 2.05) is 43.6 Å². The second-order valence-corrected chi connectivity index (χ2v) is 9.14. The Labute approximate surface area is 211 Å². The normalized spacial score (nSPS) is 12.3. The van der Waals surface area contributed by atoms with Crippen molar-refractivity contribution in [3.8, 4) is 22.6 Å². The van der Waals surface area contributed by atoms with Crippen LogP contribution in [0.25, 0.3) is 32.9 Å². The van der Waals surface area contributed by atoms with E-state index < -0.39 is 12.1 Å². The van der Waals surface area contributed by atoms with Gasteiger partial charge in [-0.25, -0.2) is 9.78 Å². The number of aryl methyl sites for hydroxylation is 1. The highest BCUT2D eigenvalue weighted by atomic mass is 32.2. The lowest BCUT2D eigenvalue weighted by Gasteiger charge is -2.22. The van der Waals surface area contributed by atoms with Gasteiger partial charge < -0.3 is 25.9 Å². The molecule has 188 valence electrons. The Kier molecular flexibility index (Phi) is 5.83. The van der Waals surface area contributed by atoms with E-state index in [0.29, 0.717) is 5.82 Å². The Hall–Kier alpha value is -4.45. The second-order valence-electron chi connectivity index (χ2n) is 8.06. The summed E-state index contributed by atoms with van der Waals surface area (Å²) in [4.78, 5) is 19.7. The standard InChI is InChI=1S/C23H17N5OS.C2HF3O2/c1-28-10-9-13-19-15(26-23(25)27-22(19)24)11-14(20(13)28)12-5-4-8-18-21(12)29-16-6-2-3-7-17(16)30-18;3-2(4,5)1(6)7/h2-11H,1H3,(H4,24,25,26,27);(H,6,7). The minimum Gasteiger partial charge on any atom is -0.475 e. The van der Waals surface area contributed by atoms with Gasteiger partial charge in [-0.2, -0.15) is 18.2 Å². The van der Waals surface area contributed by atoms with Gasteiger partial charge in [0.05, 0.1) is 26.2 Å². The predicted molar refractivity (Wildman–Crippen MR) is 135 cm³/mol. The molecular weight excluding hydrogens is 507 g/mol. The van der Waals surface area contributed by atoms with Gasteiger partial charge in [-0.15, -0.1) is 0 Å². The Balaban J connectivity index is 0.000000355. The number of anilines is 2. The summed E-state index contributed by atoms with van der Waals surface area (Å²) in [5.74, 6) is -0.499. The monoisotopic (exact) mass is 525 g/mol. The molecule has 5 aromatic rings. The van der Waals surface area contributed by atoms with E-state index >= 15 is 0 Å². The predicted octanol–water partition coefficient (Wildman–Crippen LogP) is 5.84. The molecule has 37 heavy (non-hydrogen) atoms. The first-order valence-electron chi connectivity index (χ1n) is 10.7. The molecule has 6 rings (SSSR count). The van der Waals surface area contributed by atoms with Crippen LogP contribution in [0, 0.1) is 0 Å². The highest BCUT2D eigenvalue weighted by Gasteiger charge is 2.38. The van der Waals surface area contributed by atoms with Gasteiger partial charge in [0, 0.05) is 29.8 Å². The Morgan fingerprint density at radius 2 is 1.73 bits per heavy atom. The van der Waals surface area contributed by atoms with Crippen LogP contribution in [0.4, 0.5) is 24.9 Å². The molecule has 0 fully saturated rings. The van der Waals surface area contributed by atoms with Crippen molar-refractivity contribution in [2.24, 2.45) is 7.05 Å². The molecule has 0 saturated carbocycles. The molecule has 0 spiro atoms. The van der Waals surface area contributed by atoms with Crippen LogP contribution in [0.3, 0.4) is 0 Å². The zero-order valence-corrected chi connectivity index (χ0v) is 19.9. The summed E-state index contributed by atoms with van der Waals surface area (Å²) in [7, 11) is 2.02. The first-order chi connectivity index (χ1) is 17.5. The molecule has 0 amide bonds. The first-order valence-corrected chi connectivity index (χ1v) is 11.5. The van der Waals surface area contributed by atoms with E-state index in [4.69, 9.17) is 26.1 Å². The van der Waals surface area contributed by atoms with E-state index in [1.54, 1.807) is 11.8 Å². The number of carboxylic acid groups (broad SMARTS) is 1.